The lowest BCUT2D eigenvalue weighted by molar-refractivity contribution is -0.132. The molecule has 1 aliphatic carbocycles. The molecule has 1 aliphatic rings. The minimum atomic E-state index is -3.94. The molecular formula is C13H18N4O5S. The molecule has 1 heterocycles. The summed E-state index contributed by atoms with van der Waals surface area (Å²) in [6, 6.07) is -0.296. The highest BCUT2D eigenvalue weighted by Gasteiger charge is 2.32. The molecule has 9 nitrogen and oxygen atoms in total. The first-order chi connectivity index (χ1) is 10.7. The van der Waals surface area contributed by atoms with Gasteiger partial charge in [0.05, 0.1) is 11.4 Å². The summed E-state index contributed by atoms with van der Waals surface area (Å²) < 4.78 is 27.7. The predicted molar refractivity (Wildman–Crippen MR) is 83.1 cm³/mol. The Morgan fingerprint density at radius 1 is 1.48 bits per heavy atom. The molecule has 1 amide bonds. The van der Waals surface area contributed by atoms with Crippen molar-refractivity contribution in [3.05, 3.63) is 17.0 Å². The number of amides is 1. The Bertz CT molecular complexity index is 779. The molecule has 2 N–H and O–H groups in total. The molecule has 0 aromatic carbocycles. The third-order valence-corrected chi connectivity index (χ3v) is 5.69. The Labute approximate surface area is 133 Å². The van der Waals surface area contributed by atoms with Gasteiger partial charge in [-0.05, 0) is 32.8 Å². The van der Waals surface area contributed by atoms with Gasteiger partial charge in [-0.2, -0.15) is 16.7 Å². The third-order valence-electron chi connectivity index (χ3n) is 3.69. The Balaban J connectivity index is 2.65. The van der Waals surface area contributed by atoms with Gasteiger partial charge in [-0.25, -0.2) is 9.78 Å². The Kier molecular flexibility index (Phi) is 4.57. The minimum Gasteiger partial charge on any atom is -0.478 e. The number of hydrogen-bond acceptors (Lipinski definition) is 5. The van der Waals surface area contributed by atoms with Crippen molar-refractivity contribution in [2.24, 2.45) is 0 Å². The molecule has 10 heteroatoms. The van der Waals surface area contributed by atoms with Crippen LogP contribution >= 0.6 is 0 Å². The standard InChI is InChI=1S/C13H18N4O5S/c1-8(2)16(3)23(21,22)17-11-5-4-9(12(19)20)6-10(11)15-13(17)14-7-18/h6-8H,4-5H2,1-3H3,(H,19,20)(H,14,15,18). The van der Waals surface area contributed by atoms with E-state index in [0.717, 1.165) is 8.28 Å². The second-order valence-corrected chi connectivity index (χ2v) is 7.22. The number of fused-ring (bicyclic) bond motifs is 1. The first-order valence-corrected chi connectivity index (χ1v) is 8.34. The Morgan fingerprint density at radius 2 is 2.13 bits per heavy atom. The third kappa shape index (κ3) is 2.99. The van der Waals surface area contributed by atoms with Crippen molar-refractivity contribution in [3.63, 3.8) is 0 Å². The van der Waals surface area contributed by atoms with Crippen molar-refractivity contribution in [3.8, 4) is 0 Å². The van der Waals surface area contributed by atoms with Crippen molar-refractivity contribution < 1.29 is 23.1 Å². The van der Waals surface area contributed by atoms with Gasteiger partial charge in [-0.3, -0.25) is 10.1 Å². The van der Waals surface area contributed by atoms with E-state index >= 15 is 0 Å². The van der Waals surface area contributed by atoms with Gasteiger partial charge < -0.3 is 5.11 Å². The largest absolute Gasteiger partial charge is 0.478 e. The number of hydrogen-bond donors (Lipinski definition) is 2. The maximum atomic E-state index is 12.8. The van der Waals surface area contributed by atoms with Crippen LogP contribution in [0.15, 0.2) is 5.57 Å². The predicted octanol–water partition coefficient (Wildman–Crippen LogP) is 0.299. The summed E-state index contributed by atoms with van der Waals surface area (Å²) in [4.78, 5) is 25.9. The molecule has 0 atom stereocenters. The maximum Gasteiger partial charge on any atom is 0.331 e. The molecule has 0 saturated heterocycles. The molecule has 1 aromatic rings. The Hall–Kier alpha value is -2.20. The van der Waals surface area contributed by atoms with E-state index < -0.39 is 16.2 Å². The van der Waals surface area contributed by atoms with E-state index in [1.165, 1.54) is 13.1 Å². The highest BCUT2D eigenvalue weighted by Crippen LogP contribution is 2.29. The van der Waals surface area contributed by atoms with E-state index in [0.29, 0.717) is 12.1 Å². The highest BCUT2D eigenvalue weighted by molar-refractivity contribution is 7.87. The SMILES string of the molecule is CC(C)N(C)S(=O)(=O)n1c(NC=O)nc2c1CCC(C(=O)O)=C2. The Morgan fingerprint density at radius 3 is 2.65 bits per heavy atom. The van der Waals surface area contributed by atoms with Crippen LogP contribution in [0.5, 0.6) is 0 Å². The van der Waals surface area contributed by atoms with E-state index in [9.17, 15) is 18.0 Å². The van der Waals surface area contributed by atoms with E-state index in [-0.39, 0.29) is 36.1 Å². The molecule has 0 aliphatic heterocycles. The molecule has 0 fully saturated rings. The molecular weight excluding hydrogens is 324 g/mol. The summed E-state index contributed by atoms with van der Waals surface area (Å²) in [6.45, 7) is 3.44. The fourth-order valence-corrected chi connectivity index (χ4v) is 3.81. The van der Waals surface area contributed by atoms with Crippen LogP contribution in [-0.4, -0.2) is 52.3 Å². The van der Waals surface area contributed by atoms with Crippen molar-refractivity contribution in [2.75, 3.05) is 12.4 Å². The molecule has 0 bridgehead atoms. The van der Waals surface area contributed by atoms with Gasteiger partial charge in [0.25, 0.3) is 0 Å². The highest BCUT2D eigenvalue weighted by atomic mass is 32.2. The summed E-state index contributed by atoms with van der Waals surface area (Å²) in [5.74, 6) is -1.22. The number of aromatic nitrogens is 2. The van der Waals surface area contributed by atoms with Gasteiger partial charge in [0.1, 0.15) is 0 Å². The van der Waals surface area contributed by atoms with E-state index in [4.69, 9.17) is 5.11 Å². The lowest BCUT2D eigenvalue weighted by Gasteiger charge is -2.24. The number of nitrogens with zero attached hydrogens (tertiary/aromatic N) is 3. The molecule has 0 unspecified atom stereocenters. The molecule has 0 saturated carbocycles. The van der Waals surface area contributed by atoms with E-state index in [1.54, 1.807) is 13.8 Å². The average Bonchev–Trinajstić information content (AvgIpc) is 2.84. The van der Waals surface area contributed by atoms with Crippen molar-refractivity contribution >= 4 is 34.6 Å². The molecule has 0 radical (unpaired) electrons. The van der Waals surface area contributed by atoms with Crippen LogP contribution in [0.3, 0.4) is 0 Å². The number of aliphatic carboxylic acids is 1. The van der Waals surface area contributed by atoms with Gasteiger partial charge in [-0.1, -0.05) is 0 Å². The number of carboxylic acids is 1. The molecule has 23 heavy (non-hydrogen) atoms. The number of carboxylic acid groups (broad SMARTS) is 1. The molecule has 0 spiro atoms. The second-order valence-electron chi connectivity index (χ2n) is 5.39. The van der Waals surface area contributed by atoms with Crippen LogP contribution in [0, 0.1) is 0 Å². The second kappa shape index (κ2) is 6.13. The monoisotopic (exact) mass is 342 g/mol. The summed E-state index contributed by atoms with van der Waals surface area (Å²) in [6.07, 6.45) is 2.05. The number of carbonyl (C=O) groups is 2. The fourth-order valence-electron chi connectivity index (χ4n) is 2.25. The van der Waals surface area contributed by atoms with Gasteiger partial charge in [0.15, 0.2) is 0 Å². The van der Waals surface area contributed by atoms with Gasteiger partial charge in [-0.15, -0.1) is 0 Å². The number of carbonyl (C=O) groups excluding carboxylic acids is 1. The first-order valence-electron chi connectivity index (χ1n) is 6.94. The maximum absolute atomic E-state index is 12.8. The summed E-state index contributed by atoms with van der Waals surface area (Å²) in [5.41, 5.74) is 0.736. The zero-order chi connectivity index (χ0) is 17.4. The fraction of sp³-hybridized carbons (Fsp3) is 0.462. The molecule has 126 valence electrons. The van der Waals surface area contributed by atoms with Gasteiger partial charge in [0.2, 0.25) is 12.4 Å². The van der Waals surface area contributed by atoms with Crippen LogP contribution in [0.1, 0.15) is 31.7 Å². The minimum absolute atomic E-state index is 0.148. The number of imidazole rings is 1. The first kappa shape index (κ1) is 17.2. The molecule has 1 aromatic heterocycles. The molecule has 2 rings (SSSR count). The summed E-state index contributed by atoms with van der Waals surface area (Å²) >= 11 is 0. The smallest absolute Gasteiger partial charge is 0.331 e. The van der Waals surface area contributed by atoms with Gasteiger partial charge >= 0.3 is 16.2 Å². The van der Waals surface area contributed by atoms with Crippen LogP contribution in [0.2, 0.25) is 0 Å². The zero-order valence-corrected chi connectivity index (χ0v) is 13.8. The average molecular weight is 342 g/mol. The van der Waals surface area contributed by atoms with Crippen molar-refractivity contribution in [2.45, 2.75) is 32.7 Å². The van der Waals surface area contributed by atoms with E-state index in [1.807, 2.05) is 0 Å². The van der Waals surface area contributed by atoms with Crippen LogP contribution < -0.4 is 5.32 Å². The normalized spacial score (nSPS) is 14.6. The number of nitrogens with one attached hydrogen (secondary N) is 1. The van der Waals surface area contributed by atoms with E-state index in [2.05, 4.69) is 10.3 Å². The van der Waals surface area contributed by atoms with Crippen molar-refractivity contribution in [1.29, 1.82) is 0 Å². The number of anilines is 1. The lowest BCUT2D eigenvalue weighted by Crippen LogP contribution is -2.38. The lowest BCUT2D eigenvalue weighted by atomic mass is 10.0. The number of rotatable bonds is 6. The van der Waals surface area contributed by atoms with Crippen LogP contribution in [0.25, 0.3) is 6.08 Å². The quantitative estimate of drug-likeness (QED) is 0.717. The van der Waals surface area contributed by atoms with Crippen LogP contribution in [0.4, 0.5) is 5.95 Å². The van der Waals surface area contributed by atoms with Crippen molar-refractivity contribution in [1.82, 2.24) is 13.3 Å². The van der Waals surface area contributed by atoms with Gasteiger partial charge in [0, 0.05) is 18.7 Å². The summed E-state index contributed by atoms with van der Waals surface area (Å²) in [7, 11) is -2.51. The topological polar surface area (TPSA) is 122 Å². The van der Waals surface area contributed by atoms with Crippen LogP contribution in [-0.2, 0) is 26.2 Å². The summed E-state index contributed by atoms with van der Waals surface area (Å²) in [5, 5.41) is 11.3. The zero-order valence-electron chi connectivity index (χ0n) is 13.0.